The molecule has 0 aromatic heterocycles. The predicted molar refractivity (Wildman–Crippen MR) is 69.7 cm³/mol. The fourth-order valence-electron chi connectivity index (χ4n) is 2.13. The number of ether oxygens (including phenoxy) is 2. The van der Waals surface area contributed by atoms with Crippen molar-refractivity contribution >= 4 is 11.6 Å². The van der Waals surface area contributed by atoms with Crippen LogP contribution in [0.3, 0.4) is 0 Å². The molecule has 2 atom stereocenters. The second-order valence-corrected chi connectivity index (χ2v) is 4.72. The Bertz CT molecular complexity index is 337. The molecule has 0 saturated carbocycles. The van der Waals surface area contributed by atoms with Crippen molar-refractivity contribution < 1.29 is 9.47 Å². The van der Waals surface area contributed by atoms with E-state index in [9.17, 15) is 0 Å². The molecular formula is C14H19ClO2. The summed E-state index contributed by atoms with van der Waals surface area (Å²) in [5.74, 6) is 2.04. The van der Waals surface area contributed by atoms with Crippen LogP contribution in [0.5, 0.6) is 5.75 Å². The smallest absolute Gasteiger partial charge is 0.119 e. The molecule has 2 unspecified atom stereocenters. The molecule has 1 aliphatic rings. The summed E-state index contributed by atoms with van der Waals surface area (Å²) in [5, 5.41) is 0. The minimum atomic E-state index is 0.160. The summed E-state index contributed by atoms with van der Waals surface area (Å²) in [6.45, 7) is 3.69. The molecule has 1 aromatic rings. The van der Waals surface area contributed by atoms with Gasteiger partial charge in [0.2, 0.25) is 0 Å². The van der Waals surface area contributed by atoms with E-state index in [1.165, 1.54) is 5.56 Å². The minimum Gasteiger partial charge on any atom is -0.494 e. The second kappa shape index (κ2) is 6.27. The van der Waals surface area contributed by atoms with Crippen molar-refractivity contribution in [2.24, 2.45) is 5.92 Å². The molecule has 0 amide bonds. The number of alkyl halides is 1. The first kappa shape index (κ1) is 12.7. The van der Waals surface area contributed by atoms with Crippen molar-refractivity contribution in [1.29, 1.82) is 0 Å². The van der Waals surface area contributed by atoms with Gasteiger partial charge in [-0.2, -0.15) is 0 Å². The monoisotopic (exact) mass is 254 g/mol. The zero-order chi connectivity index (χ0) is 12.1. The van der Waals surface area contributed by atoms with Gasteiger partial charge in [-0.25, -0.2) is 0 Å². The predicted octanol–water partition coefficient (Wildman–Crippen LogP) is 3.79. The van der Waals surface area contributed by atoms with Crippen molar-refractivity contribution in [3.8, 4) is 5.75 Å². The Balaban J connectivity index is 2.01. The summed E-state index contributed by atoms with van der Waals surface area (Å²) < 4.78 is 11.3. The highest BCUT2D eigenvalue weighted by Gasteiger charge is 2.28. The Morgan fingerprint density at radius 3 is 2.76 bits per heavy atom. The lowest BCUT2D eigenvalue weighted by Crippen LogP contribution is -2.08. The van der Waals surface area contributed by atoms with Gasteiger partial charge in [-0.1, -0.05) is 19.1 Å². The molecule has 1 aliphatic heterocycles. The standard InChI is InChI=1S/C14H19ClO2/c1-2-8-16-13-5-3-11(4-6-13)14-12(10-15)7-9-17-14/h3-6,12,14H,2,7-10H2,1H3. The molecule has 17 heavy (non-hydrogen) atoms. The van der Waals surface area contributed by atoms with Gasteiger partial charge in [0.25, 0.3) is 0 Å². The Morgan fingerprint density at radius 1 is 1.35 bits per heavy atom. The first-order valence-electron chi connectivity index (χ1n) is 6.25. The molecule has 2 nitrogen and oxygen atoms in total. The van der Waals surface area contributed by atoms with Gasteiger partial charge >= 0.3 is 0 Å². The third-order valence-electron chi connectivity index (χ3n) is 3.09. The lowest BCUT2D eigenvalue weighted by Gasteiger charge is -2.17. The van der Waals surface area contributed by atoms with Crippen LogP contribution in [0.25, 0.3) is 0 Å². The van der Waals surface area contributed by atoms with Crippen molar-refractivity contribution in [1.82, 2.24) is 0 Å². The molecule has 0 N–H and O–H groups in total. The van der Waals surface area contributed by atoms with E-state index in [1.807, 2.05) is 12.1 Å². The van der Waals surface area contributed by atoms with Gasteiger partial charge in [0, 0.05) is 18.4 Å². The normalized spacial score (nSPS) is 23.9. The number of hydrogen-bond acceptors (Lipinski definition) is 2. The molecule has 1 aromatic carbocycles. The highest BCUT2D eigenvalue weighted by atomic mass is 35.5. The highest BCUT2D eigenvalue weighted by Crippen LogP contribution is 2.35. The van der Waals surface area contributed by atoms with Crippen molar-refractivity contribution in [2.45, 2.75) is 25.9 Å². The molecule has 94 valence electrons. The van der Waals surface area contributed by atoms with Crippen LogP contribution in [-0.4, -0.2) is 19.1 Å². The van der Waals surface area contributed by atoms with Crippen LogP contribution in [0.2, 0.25) is 0 Å². The highest BCUT2D eigenvalue weighted by molar-refractivity contribution is 6.18. The summed E-state index contributed by atoms with van der Waals surface area (Å²) in [5.41, 5.74) is 1.21. The van der Waals surface area contributed by atoms with Crippen molar-refractivity contribution in [3.05, 3.63) is 29.8 Å². The maximum absolute atomic E-state index is 5.95. The first-order valence-corrected chi connectivity index (χ1v) is 6.79. The zero-order valence-electron chi connectivity index (χ0n) is 10.2. The third-order valence-corrected chi connectivity index (χ3v) is 3.49. The molecule has 1 heterocycles. The number of rotatable bonds is 5. The topological polar surface area (TPSA) is 18.5 Å². The fourth-order valence-corrected chi connectivity index (χ4v) is 2.45. The maximum atomic E-state index is 5.95. The molecule has 0 radical (unpaired) electrons. The lowest BCUT2D eigenvalue weighted by atomic mass is 9.97. The summed E-state index contributed by atoms with van der Waals surface area (Å²) in [7, 11) is 0. The Hall–Kier alpha value is -0.730. The van der Waals surface area contributed by atoms with E-state index in [0.717, 1.165) is 31.8 Å². The summed E-state index contributed by atoms with van der Waals surface area (Å²) in [4.78, 5) is 0. The Kier molecular flexibility index (Phi) is 4.69. The van der Waals surface area contributed by atoms with Gasteiger partial charge < -0.3 is 9.47 Å². The van der Waals surface area contributed by atoms with Gasteiger partial charge in [-0.15, -0.1) is 11.6 Å². The quantitative estimate of drug-likeness (QED) is 0.745. The van der Waals surface area contributed by atoms with Crippen LogP contribution in [0.15, 0.2) is 24.3 Å². The number of hydrogen-bond donors (Lipinski definition) is 0. The zero-order valence-corrected chi connectivity index (χ0v) is 11.0. The van der Waals surface area contributed by atoms with Crippen LogP contribution >= 0.6 is 11.6 Å². The third kappa shape index (κ3) is 3.14. The van der Waals surface area contributed by atoms with E-state index in [0.29, 0.717) is 11.8 Å². The largest absolute Gasteiger partial charge is 0.494 e. The summed E-state index contributed by atoms with van der Waals surface area (Å²) >= 11 is 5.95. The van der Waals surface area contributed by atoms with Gasteiger partial charge in [0.1, 0.15) is 5.75 Å². The van der Waals surface area contributed by atoms with Crippen LogP contribution in [-0.2, 0) is 4.74 Å². The van der Waals surface area contributed by atoms with Crippen molar-refractivity contribution in [3.63, 3.8) is 0 Å². The Morgan fingerprint density at radius 2 is 2.12 bits per heavy atom. The van der Waals surface area contributed by atoms with Gasteiger partial charge in [-0.05, 0) is 30.5 Å². The average molecular weight is 255 g/mol. The molecule has 0 spiro atoms. The molecule has 2 rings (SSSR count). The van der Waals surface area contributed by atoms with Crippen LogP contribution < -0.4 is 4.74 Å². The molecule has 1 saturated heterocycles. The van der Waals surface area contributed by atoms with Crippen LogP contribution in [0.4, 0.5) is 0 Å². The minimum absolute atomic E-state index is 0.160. The molecule has 0 bridgehead atoms. The van der Waals surface area contributed by atoms with Gasteiger partial charge in [-0.3, -0.25) is 0 Å². The van der Waals surface area contributed by atoms with E-state index < -0.39 is 0 Å². The SMILES string of the molecule is CCCOc1ccc(C2OCCC2CCl)cc1. The Labute approximate surface area is 108 Å². The van der Waals surface area contributed by atoms with Gasteiger partial charge in [0.05, 0.1) is 12.7 Å². The van der Waals surface area contributed by atoms with Crippen LogP contribution in [0.1, 0.15) is 31.4 Å². The van der Waals surface area contributed by atoms with E-state index in [2.05, 4.69) is 19.1 Å². The molecule has 0 aliphatic carbocycles. The summed E-state index contributed by atoms with van der Waals surface area (Å²) in [6, 6.07) is 8.19. The first-order chi connectivity index (χ1) is 8.35. The second-order valence-electron chi connectivity index (χ2n) is 4.41. The average Bonchev–Trinajstić information content (AvgIpc) is 2.85. The molecule has 3 heteroatoms. The fraction of sp³-hybridized carbons (Fsp3) is 0.571. The van der Waals surface area contributed by atoms with Gasteiger partial charge in [0.15, 0.2) is 0 Å². The van der Waals surface area contributed by atoms with E-state index >= 15 is 0 Å². The maximum Gasteiger partial charge on any atom is 0.119 e. The van der Waals surface area contributed by atoms with E-state index in [4.69, 9.17) is 21.1 Å². The number of halogens is 1. The van der Waals surface area contributed by atoms with Crippen molar-refractivity contribution in [2.75, 3.05) is 19.1 Å². The lowest BCUT2D eigenvalue weighted by molar-refractivity contribution is 0.0951. The van der Waals surface area contributed by atoms with Crippen LogP contribution in [0, 0.1) is 5.92 Å². The summed E-state index contributed by atoms with van der Waals surface area (Å²) in [6.07, 6.45) is 2.25. The molecule has 1 fully saturated rings. The number of benzene rings is 1. The van der Waals surface area contributed by atoms with E-state index in [-0.39, 0.29) is 6.10 Å². The molecular weight excluding hydrogens is 236 g/mol. The van der Waals surface area contributed by atoms with E-state index in [1.54, 1.807) is 0 Å².